The normalized spacial score (nSPS) is 13.6. The van der Waals surface area contributed by atoms with Crippen molar-refractivity contribution in [3.63, 3.8) is 0 Å². The van der Waals surface area contributed by atoms with Gasteiger partial charge in [-0.3, -0.25) is 4.79 Å². The maximum Gasteiger partial charge on any atom is 0.330 e. The summed E-state index contributed by atoms with van der Waals surface area (Å²) in [5, 5.41) is 18.7. The molecule has 0 heterocycles. The number of hydrogen-bond acceptors (Lipinski definition) is 7. The van der Waals surface area contributed by atoms with Crippen LogP contribution in [0.25, 0.3) is 0 Å². The van der Waals surface area contributed by atoms with Crippen LogP contribution in [0.5, 0.6) is 0 Å². The van der Waals surface area contributed by atoms with E-state index in [0.717, 1.165) is 18.2 Å². The zero-order valence-corrected chi connectivity index (χ0v) is 16.9. The molecule has 0 bridgehead atoms. The third kappa shape index (κ3) is 10.1. The van der Waals surface area contributed by atoms with E-state index in [9.17, 15) is 14.7 Å². The summed E-state index contributed by atoms with van der Waals surface area (Å²) in [5.41, 5.74) is 1.19. The van der Waals surface area contributed by atoms with E-state index >= 15 is 0 Å². The van der Waals surface area contributed by atoms with E-state index in [1.54, 1.807) is 11.8 Å². The molecule has 0 aliphatic carbocycles. The lowest BCUT2D eigenvalue weighted by molar-refractivity contribution is -0.149. The lowest BCUT2D eigenvalue weighted by Gasteiger charge is -2.18. The Morgan fingerprint density at radius 2 is 1.96 bits per heavy atom. The van der Waals surface area contributed by atoms with Crippen LogP contribution in [0.3, 0.4) is 0 Å². The molecule has 0 radical (unpaired) electrons. The van der Waals surface area contributed by atoms with Crippen molar-refractivity contribution < 1.29 is 24.2 Å². The first kappa shape index (κ1) is 23.7. The largest absolute Gasteiger partial charge is 0.463 e. The second-order valence-electron chi connectivity index (χ2n) is 6.37. The van der Waals surface area contributed by atoms with Crippen molar-refractivity contribution in [1.82, 2.24) is 0 Å². The minimum absolute atomic E-state index is 0.0348. The summed E-state index contributed by atoms with van der Waals surface area (Å²) in [5.74, 6) is 0.558. The molecular formula is C21H27NO5S. The van der Waals surface area contributed by atoms with Crippen LogP contribution in [0, 0.1) is 17.2 Å². The molecule has 152 valence electrons. The highest BCUT2D eigenvalue weighted by Crippen LogP contribution is 2.27. The molecule has 28 heavy (non-hydrogen) atoms. The SMILES string of the molecule is C=CC(=O)OCC(O)COC(=O)CCSCC(CC(C)C#N)c1ccccc1. The first-order valence-electron chi connectivity index (χ1n) is 9.11. The molecule has 1 aromatic rings. The Morgan fingerprint density at radius 1 is 1.29 bits per heavy atom. The number of aliphatic hydroxyl groups excluding tert-OH is 1. The zero-order chi connectivity index (χ0) is 20.8. The van der Waals surface area contributed by atoms with Gasteiger partial charge in [0.15, 0.2) is 0 Å². The van der Waals surface area contributed by atoms with E-state index in [1.807, 2.05) is 25.1 Å². The number of hydrogen-bond donors (Lipinski definition) is 1. The Balaban J connectivity index is 2.30. The van der Waals surface area contributed by atoms with Crippen LogP contribution in [-0.4, -0.2) is 47.9 Å². The number of carbonyl (C=O) groups excluding carboxylic acids is 2. The highest BCUT2D eigenvalue weighted by molar-refractivity contribution is 7.99. The van der Waals surface area contributed by atoms with E-state index in [0.29, 0.717) is 5.75 Å². The number of ether oxygens (including phenoxy) is 2. The van der Waals surface area contributed by atoms with Crippen molar-refractivity contribution >= 4 is 23.7 Å². The fourth-order valence-electron chi connectivity index (χ4n) is 2.43. The van der Waals surface area contributed by atoms with E-state index in [-0.39, 0.29) is 31.5 Å². The number of nitriles is 1. The van der Waals surface area contributed by atoms with Crippen molar-refractivity contribution in [3.8, 4) is 6.07 Å². The van der Waals surface area contributed by atoms with Crippen LogP contribution in [0.1, 0.15) is 31.2 Å². The molecule has 3 atom stereocenters. The van der Waals surface area contributed by atoms with Crippen LogP contribution in [0.15, 0.2) is 43.0 Å². The molecule has 1 aromatic carbocycles. The molecule has 0 aliphatic heterocycles. The van der Waals surface area contributed by atoms with Gasteiger partial charge in [-0.1, -0.05) is 36.9 Å². The zero-order valence-electron chi connectivity index (χ0n) is 16.1. The van der Waals surface area contributed by atoms with Crippen molar-refractivity contribution in [2.45, 2.75) is 31.8 Å². The van der Waals surface area contributed by atoms with Crippen LogP contribution in [0.4, 0.5) is 0 Å². The number of esters is 2. The Hall–Kier alpha value is -2.30. The average Bonchev–Trinajstić information content (AvgIpc) is 2.72. The van der Waals surface area contributed by atoms with Crippen molar-refractivity contribution in [2.75, 3.05) is 24.7 Å². The van der Waals surface area contributed by atoms with Crippen LogP contribution in [0.2, 0.25) is 0 Å². The molecule has 0 saturated heterocycles. The van der Waals surface area contributed by atoms with E-state index in [4.69, 9.17) is 10.00 Å². The number of benzene rings is 1. The van der Waals surface area contributed by atoms with Gasteiger partial charge in [0, 0.05) is 23.5 Å². The molecule has 0 spiro atoms. The first-order valence-corrected chi connectivity index (χ1v) is 10.3. The molecule has 1 N–H and O–H groups in total. The van der Waals surface area contributed by atoms with Gasteiger partial charge < -0.3 is 14.6 Å². The summed E-state index contributed by atoms with van der Waals surface area (Å²) >= 11 is 1.64. The maximum absolute atomic E-state index is 11.8. The second kappa shape index (κ2) is 13.8. The minimum Gasteiger partial charge on any atom is -0.463 e. The Kier molecular flexibility index (Phi) is 11.7. The fraction of sp³-hybridized carbons (Fsp3) is 0.476. The third-order valence-corrected chi connectivity index (χ3v) is 5.05. The van der Waals surface area contributed by atoms with Crippen molar-refractivity contribution in [1.29, 1.82) is 5.26 Å². The van der Waals surface area contributed by atoms with Gasteiger partial charge in [-0.2, -0.15) is 17.0 Å². The number of nitrogens with zero attached hydrogens (tertiary/aromatic N) is 1. The van der Waals surface area contributed by atoms with Crippen LogP contribution >= 0.6 is 11.8 Å². The summed E-state index contributed by atoms with van der Waals surface area (Å²) in [7, 11) is 0. The van der Waals surface area contributed by atoms with E-state index in [2.05, 4.69) is 29.5 Å². The molecule has 0 fully saturated rings. The van der Waals surface area contributed by atoms with Gasteiger partial charge in [0.1, 0.15) is 19.3 Å². The molecule has 0 amide bonds. The highest BCUT2D eigenvalue weighted by atomic mass is 32.2. The lowest BCUT2D eigenvalue weighted by Crippen LogP contribution is -2.25. The Labute approximate surface area is 170 Å². The lowest BCUT2D eigenvalue weighted by atomic mass is 9.92. The van der Waals surface area contributed by atoms with E-state index in [1.165, 1.54) is 5.56 Å². The minimum atomic E-state index is -1.06. The number of carbonyl (C=O) groups is 2. The Bertz CT molecular complexity index is 659. The third-order valence-electron chi connectivity index (χ3n) is 3.92. The van der Waals surface area contributed by atoms with Gasteiger partial charge >= 0.3 is 11.9 Å². The predicted molar refractivity (Wildman–Crippen MR) is 109 cm³/mol. The number of thioether (sulfide) groups is 1. The second-order valence-corrected chi connectivity index (χ2v) is 7.52. The number of rotatable bonds is 13. The smallest absolute Gasteiger partial charge is 0.330 e. The fourth-order valence-corrected chi connectivity index (χ4v) is 3.52. The van der Waals surface area contributed by atoms with Gasteiger partial charge in [0.05, 0.1) is 12.5 Å². The predicted octanol–water partition coefficient (Wildman–Crippen LogP) is 3.08. The summed E-state index contributed by atoms with van der Waals surface area (Å²) in [6.07, 6.45) is 0.929. The summed E-state index contributed by atoms with van der Waals surface area (Å²) in [4.78, 5) is 22.7. The molecule has 1 rings (SSSR count). The Morgan fingerprint density at radius 3 is 2.61 bits per heavy atom. The maximum atomic E-state index is 11.8. The molecule has 3 unspecified atom stereocenters. The van der Waals surface area contributed by atoms with E-state index < -0.39 is 18.0 Å². The molecule has 0 saturated carbocycles. The van der Waals surface area contributed by atoms with Gasteiger partial charge in [-0.25, -0.2) is 4.79 Å². The quantitative estimate of drug-likeness (QED) is 0.306. The highest BCUT2D eigenvalue weighted by Gasteiger charge is 2.16. The topological polar surface area (TPSA) is 96.6 Å². The van der Waals surface area contributed by atoms with Gasteiger partial charge in [-0.05, 0) is 24.8 Å². The van der Waals surface area contributed by atoms with Crippen LogP contribution in [-0.2, 0) is 19.1 Å². The van der Waals surface area contributed by atoms with Crippen LogP contribution < -0.4 is 0 Å². The first-order chi connectivity index (χ1) is 13.5. The monoisotopic (exact) mass is 405 g/mol. The van der Waals surface area contributed by atoms with Gasteiger partial charge in [0.25, 0.3) is 0 Å². The summed E-state index contributed by atoms with van der Waals surface area (Å²) in [6.45, 7) is 4.69. The number of aliphatic hydroxyl groups is 1. The van der Waals surface area contributed by atoms with Gasteiger partial charge in [-0.15, -0.1) is 0 Å². The van der Waals surface area contributed by atoms with Gasteiger partial charge in [0.2, 0.25) is 0 Å². The standard InChI is InChI=1S/C21H27NO5S/c1-3-20(24)26-13-19(23)14-27-21(25)9-10-28-15-18(11-16(2)12-22)17-7-5-4-6-8-17/h3-8,16,18-19,23H,1,9-11,13-15H2,2H3. The van der Waals surface area contributed by atoms with Crippen molar-refractivity contribution in [2.24, 2.45) is 5.92 Å². The molecule has 6 nitrogen and oxygen atoms in total. The molecule has 7 heteroatoms. The van der Waals surface area contributed by atoms with Crippen molar-refractivity contribution in [3.05, 3.63) is 48.6 Å². The molecule has 0 aromatic heterocycles. The molecule has 0 aliphatic rings. The average molecular weight is 406 g/mol. The summed E-state index contributed by atoms with van der Waals surface area (Å²) < 4.78 is 9.65. The summed E-state index contributed by atoms with van der Waals surface area (Å²) in [6, 6.07) is 12.3. The molecular weight excluding hydrogens is 378 g/mol.